The van der Waals surface area contributed by atoms with Crippen molar-refractivity contribution in [2.24, 2.45) is 0 Å². The average molecular weight is 227 g/mol. The molecule has 0 nitrogen and oxygen atoms in total. The van der Waals surface area contributed by atoms with E-state index < -0.39 is 0 Å². The molecule has 1 aromatic rings. The summed E-state index contributed by atoms with van der Waals surface area (Å²) in [5, 5.41) is 1.12. The highest BCUT2D eigenvalue weighted by Gasteiger charge is 1.91. The molecule has 0 saturated heterocycles. The molecule has 0 N–H and O–H groups in total. The van der Waals surface area contributed by atoms with E-state index in [0.29, 0.717) is 0 Å². The number of rotatable bonds is 4. The van der Waals surface area contributed by atoms with Crippen molar-refractivity contribution < 1.29 is 0 Å². The van der Waals surface area contributed by atoms with Gasteiger partial charge in [-0.2, -0.15) is 0 Å². The van der Waals surface area contributed by atoms with Crippen LogP contribution in [0, 0.1) is 6.92 Å². The van der Waals surface area contributed by atoms with E-state index in [1.807, 2.05) is 0 Å². The fourth-order valence-corrected chi connectivity index (χ4v) is 1.57. The minimum Gasteiger partial charge on any atom is -0.0928 e. The molecule has 0 aliphatic heterocycles. The molecule has 0 aliphatic rings. The molecule has 0 spiro atoms. The quantitative estimate of drug-likeness (QED) is 0.543. The van der Waals surface area contributed by atoms with Gasteiger partial charge in [0.15, 0.2) is 0 Å². The van der Waals surface area contributed by atoms with Crippen LogP contribution in [0.4, 0.5) is 0 Å². The third-order valence-corrected chi connectivity index (χ3v) is 2.53. The van der Waals surface area contributed by atoms with E-state index in [4.69, 9.17) is 0 Å². The maximum atomic E-state index is 3.43. The zero-order chi connectivity index (χ0) is 8.81. The van der Waals surface area contributed by atoms with Gasteiger partial charge in [-0.25, -0.2) is 0 Å². The Balaban J connectivity index is 2.37. The Bertz CT molecular complexity index is 213. The number of hydrogen-bond donors (Lipinski definition) is 0. The van der Waals surface area contributed by atoms with E-state index in [9.17, 15) is 0 Å². The third kappa shape index (κ3) is 3.40. The summed E-state index contributed by atoms with van der Waals surface area (Å²) in [6.07, 6.45) is 3.77. The summed E-state index contributed by atoms with van der Waals surface area (Å²) in [4.78, 5) is 0. The molecule has 12 heavy (non-hydrogen) atoms. The van der Waals surface area contributed by atoms with Gasteiger partial charge in [-0.05, 0) is 31.7 Å². The zero-order valence-electron chi connectivity index (χ0n) is 7.52. The Labute approximate surface area is 83.1 Å². The maximum absolute atomic E-state index is 3.43. The maximum Gasteiger partial charge on any atom is 0.00314 e. The van der Waals surface area contributed by atoms with E-state index in [0.717, 1.165) is 5.33 Å². The summed E-state index contributed by atoms with van der Waals surface area (Å²) < 4.78 is 0. The van der Waals surface area contributed by atoms with Gasteiger partial charge in [0.05, 0.1) is 0 Å². The van der Waals surface area contributed by atoms with Crippen molar-refractivity contribution in [1.29, 1.82) is 0 Å². The summed E-state index contributed by atoms with van der Waals surface area (Å²) in [5.74, 6) is 0. The van der Waals surface area contributed by atoms with Gasteiger partial charge in [0.25, 0.3) is 0 Å². The minimum absolute atomic E-state index is 1.12. The molecule has 0 atom stereocenters. The summed E-state index contributed by atoms with van der Waals surface area (Å²) in [6.45, 7) is 2.13. The van der Waals surface area contributed by atoms with Crippen molar-refractivity contribution in [1.82, 2.24) is 0 Å². The highest BCUT2D eigenvalue weighted by atomic mass is 79.9. The summed E-state index contributed by atoms with van der Waals surface area (Å²) in [7, 11) is 0. The second-order valence-corrected chi connectivity index (χ2v) is 3.92. The number of unbranched alkanes of at least 4 members (excludes halogenated alkanes) is 1. The molecule has 1 heteroatoms. The number of alkyl halides is 1. The Morgan fingerprint density at radius 3 is 2.33 bits per heavy atom. The lowest BCUT2D eigenvalue weighted by molar-refractivity contribution is 0.806. The molecule has 1 rings (SSSR count). The summed E-state index contributed by atoms with van der Waals surface area (Å²) >= 11 is 3.43. The van der Waals surface area contributed by atoms with Crippen LogP contribution in [0.3, 0.4) is 0 Å². The molecule has 0 saturated carbocycles. The Hall–Kier alpha value is -0.300. The number of hydrogen-bond acceptors (Lipinski definition) is 0. The average Bonchev–Trinajstić information content (AvgIpc) is 2.09. The van der Waals surface area contributed by atoms with Crippen LogP contribution in [0.25, 0.3) is 0 Å². The first-order valence-electron chi connectivity index (χ1n) is 4.44. The molecule has 0 aliphatic carbocycles. The number of benzene rings is 1. The Morgan fingerprint density at radius 1 is 1.08 bits per heavy atom. The smallest absolute Gasteiger partial charge is 0.00314 e. The van der Waals surface area contributed by atoms with Gasteiger partial charge in [0, 0.05) is 5.33 Å². The van der Waals surface area contributed by atoms with Crippen LogP contribution < -0.4 is 0 Å². The predicted octanol–water partition coefficient (Wildman–Crippen LogP) is 3.71. The topological polar surface area (TPSA) is 0 Å². The summed E-state index contributed by atoms with van der Waals surface area (Å²) in [6, 6.07) is 8.82. The lowest BCUT2D eigenvalue weighted by atomic mass is 10.1. The molecule has 66 valence electrons. The van der Waals surface area contributed by atoms with Crippen LogP contribution in [-0.2, 0) is 6.42 Å². The molecular weight excluding hydrogens is 212 g/mol. The van der Waals surface area contributed by atoms with Crippen LogP contribution in [0.1, 0.15) is 24.0 Å². The van der Waals surface area contributed by atoms with Gasteiger partial charge in [0.2, 0.25) is 0 Å². The van der Waals surface area contributed by atoms with Gasteiger partial charge >= 0.3 is 0 Å². The van der Waals surface area contributed by atoms with E-state index in [2.05, 4.69) is 47.1 Å². The van der Waals surface area contributed by atoms with Gasteiger partial charge in [-0.15, -0.1) is 0 Å². The highest BCUT2D eigenvalue weighted by molar-refractivity contribution is 9.09. The van der Waals surface area contributed by atoms with Crippen LogP contribution in [-0.4, -0.2) is 5.33 Å². The normalized spacial score (nSPS) is 10.2. The van der Waals surface area contributed by atoms with Gasteiger partial charge in [0.1, 0.15) is 0 Å². The van der Waals surface area contributed by atoms with E-state index in [1.54, 1.807) is 0 Å². The lowest BCUT2D eigenvalue weighted by Crippen LogP contribution is -1.85. The number of halogens is 1. The van der Waals surface area contributed by atoms with Crippen molar-refractivity contribution in [3.8, 4) is 0 Å². The highest BCUT2D eigenvalue weighted by Crippen LogP contribution is 2.07. The van der Waals surface area contributed by atoms with Crippen molar-refractivity contribution in [2.75, 3.05) is 5.33 Å². The Kier molecular flexibility index (Phi) is 4.37. The molecule has 0 amide bonds. The standard InChI is InChI=1S/C11H15Br/c1-10-5-7-11(8-6-10)4-2-3-9-12/h5-8H,2-4,9H2,1H3. The first-order valence-corrected chi connectivity index (χ1v) is 5.56. The summed E-state index contributed by atoms with van der Waals surface area (Å²) in [5.41, 5.74) is 2.81. The minimum atomic E-state index is 1.12. The molecule has 1 aromatic carbocycles. The van der Waals surface area contributed by atoms with Crippen molar-refractivity contribution in [3.05, 3.63) is 35.4 Å². The molecule has 0 unspecified atom stereocenters. The fraction of sp³-hybridized carbons (Fsp3) is 0.455. The molecule has 0 radical (unpaired) electrons. The number of aryl methyl sites for hydroxylation is 2. The Morgan fingerprint density at radius 2 is 1.75 bits per heavy atom. The van der Waals surface area contributed by atoms with Gasteiger partial charge in [-0.1, -0.05) is 45.8 Å². The molecular formula is C11H15Br. The van der Waals surface area contributed by atoms with Crippen molar-refractivity contribution in [3.63, 3.8) is 0 Å². The van der Waals surface area contributed by atoms with Crippen LogP contribution in [0.5, 0.6) is 0 Å². The molecule has 0 bridgehead atoms. The first-order chi connectivity index (χ1) is 5.83. The second kappa shape index (κ2) is 5.36. The molecule has 0 heterocycles. The lowest BCUT2D eigenvalue weighted by Gasteiger charge is -1.99. The van der Waals surface area contributed by atoms with Crippen LogP contribution >= 0.6 is 15.9 Å². The van der Waals surface area contributed by atoms with E-state index in [-0.39, 0.29) is 0 Å². The van der Waals surface area contributed by atoms with Crippen molar-refractivity contribution >= 4 is 15.9 Å². The van der Waals surface area contributed by atoms with Crippen molar-refractivity contribution in [2.45, 2.75) is 26.2 Å². The van der Waals surface area contributed by atoms with E-state index >= 15 is 0 Å². The van der Waals surface area contributed by atoms with Crippen LogP contribution in [0.15, 0.2) is 24.3 Å². The van der Waals surface area contributed by atoms with Crippen LogP contribution in [0.2, 0.25) is 0 Å². The first kappa shape index (κ1) is 9.79. The largest absolute Gasteiger partial charge is 0.0928 e. The zero-order valence-corrected chi connectivity index (χ0v) is 9.10. The second-order valence-electron chi connectivity index (χ2n) is 3.13. The monoisotopic (exact) mass is 226 g/mol. The molecule has 0 fully saturated rings. The van der Waals surface area contributed by atoms with Gasteiger partial charge < -0.3 is 0 Å². The third-order valence-electron chi connectivity index (χ3n) is 1.97. The predicted molar refractivity (Wildman–Crippen MR) is 57.9 cm³/mol. The SMILES string of the molecule is Cc1ccc(CCCCBr)cc1. The fourth-order valence-electron chi connectivity index (χ4n) is 1.18. The van der Waals surface area contributed by atoms with Gasteiger partial charge in [-0.3, -0.25) is 0 Å². The molecule has 0 aromatic heterocycles. The van der Waals surface area contributed by atoms with E-state index in [1.165, 1.54) is 30.4 Å².